The summed E-state index contributed by atoms with van der Waals surface area (Å²) >= 11 is 0. The standard InChI is InChI=1S/C15H16O2S/c1-11-9-15(10-12(11)7-8-14(15)16)18(17)13-5-3-2-4-6-13/h2-6,12H,1,7-10H2/t12-,15+,18?/m0/s1. The molecule has 0 amide bonds. The van der Waals surface area contributed by atoms with Gasteiger partial charge in [0.05, 0.1) is 10.8 Å². The van der Waals surface area contributed by atoms with Crippen molar-refractivity contribution in [2.75, 3.05) is 0 Å². The lowest BCUT2D eigenvalue weighted by atomic mass is 9.87. The molecular formula is C15H16O2S. The van der Waals surface area contributed by atoms with Crippen LogP contribution in [0.2, 0.25) is 0 Å². The largest absolute Gasteiger partial charge is 0.298 e. The van der Waals surface area contributed by atoms with E-state index in [2.05, 4.69) is 6.58 Å². The fourth-order valence-corrected chi connectivity index (χ4v) is 5.03. The van der Waals surface area contributed by atoms with Crippen molar-refractivity contribution in [3.8, 4) is 0 Å². The number of ketones is 1. The smallest absolute Gasteiger partial charge is 0.152 e. The molecule has 3 rings (SSSR count). The summed E-state index contributed by atoms with van der Waals surface area (Å²) in [6.07, 6.45) is 2.79. The van der Waals surface area contributed by atoms with Gasteiger partial charge in [0.15, 0.2) is 5.78 Å². The molecule has 0 aliphatic heterocycles. The van der Waals surface area contributed by atoms with Crippen molar-refractivity contribution >= 4 is 16.6 Å². The van der Waals surface area contributed by atoms with E-state index in [-0.39, 0.29) is 5.78 Å². The van der Waals surface area contributed by atoms with E-state index in [0.29, 0.717) is 18.8 Å². The monoisotopic (exact) mass is 260 g/mol. The minimum absolute atomic E-state index is 0.166. The number of hydrogen-bond donors (Lipinski definition) is 0. The van der Waals surface area contributed by atoms with Crippen molar-refractivity contribution in [3.05, 3.63) is 42.5 Å². The van der Waals surface area contributed by atoms with Gasteiger partial charge in [0.2, 0.25) is 0 Å². The van der Waals surface area contributed by atoms with Gasteiger partial charge in [-0.05, 0) is 37.3 Å². The van der Waals surface area contributed by atoms with E-state index in [1.54, 1.807) is 0 Å². The number of benzene rings is 1. The number of hydrogen-bond acceptors (Lipinski definition) is 2. The molecule has 0 N–H and O–H groups in total. The number of rotatable bonds is 2. The van der Waals surface area contributed by atoms with Crippen molar-refractivity contribution in [1.29, 1.82) is 0 Å². The van der Waals surface area contributed by atoms with Gasteiger partial charge in [0.1, 0.15) is 4.75 Å². The fraction of sp³-hybridized carbons (Fsp3) is 0.400. The predicted molar refractivity (Wildman–Crippen MR) is 71.7 cm³/mol. The molecule has 2 nitrogen and oxygen atoms in total. The summed E-state index contributed by atoms with van der Waals surface area (Å²) < 4.78 is 12.1. The second-order valence-corrected chi connectivity index (χ2v) is 7.06. The highest BCUT2D eigenvalue weighted by atomic mass is 32.2. The summed E-state index contributed by atoms with van der Waals surface area (Å²) in [5, 5.41) is 0. The molecule has 1 aromatic carbocycles. The molecule has 18 heavy (non-hydrogen) atoms. The van der Waals surface area contributed by atoms with Crippen molar-refractivity contribution in [2.24, 2.45) is 5.92 Å². The number of Topliss-reactive ketones (excluding diaryl/α,β-unsaturated/α-hetero) is 1. The number of allylic oxidation sites excluding steroid dienone is 1. The summed E-state index contributed by atoms with van der Waals surface area (Å²) in [6.45, 7) is 4.07. The third-order valence-electron chi connectivity index (χ3n) is 4.21. The SMILES string of the molecule is C=C1C[C@@]2(S(=O)c3ccccc3)C[C@@H]1CCC2=O. The highest BCUT2D eigenvalue weighted by Crippen LogP contribution is 2.50. The van der Waals surface area contributed by atoms with Crippen LogP contribution in [-0.2, 0) is 15.6 Å². The average molecular weight is 260 g/mol. The van der Waals surface area contributed by atoms with Gasteiger partial charge in [-0.2, -0.15) is 0 Å². The molecule has 2 saturated carbocycles. The number of fused-ring (bicyclic) bond motifs is 2. The molecular weight excluding hydrogens is 244 g/mol. The van der Waals surface area contributed by atoms with Crippen LogP contribution in [-0.4, -0.2) is 14.7 Å². The van der Waals surface area contributed by atoms with E-state index in [1.807, 2.05) is 30.3 Å². The molecule has 0 heterocycles. The zero-order valence-electron chi connectivity index (χ0n) is 10.2. The topological polar surface area (TPSA) is 34.1 Å². The average Bonchev–Trinajstić information content (AvgIpc) is 2.69. The quantitative estimate of drug-likeness (QED) is 0.766. The molecule has 2 aliphatic rings. The van der Waals surface area contributed by atoms with Crippen LogP contribution in [0.1, 0.15) is 25.7 Å². The summed E-state index contributed by atoms with van der Waals surface area (Å²) in [5.41, 5.74) is 1.12. The van der Waals surface area contributed by atoms with Crippen molar-refractivity contribution in [1.82, 2.24) is 0 Å². The zero-order valence-corrected chi connectivity index (χ0v) is 11.0. The van der Waals surface area contributed by atoms with Crippen molar-refractivity contribution < 1.29 is 9.00 Å². The Hall–Kier alpha value is -1.22. The molecule has 1 aromatic rings. The predicted octanol–water partition coefficient (Wildman–Crippen LogP) is 2.86. The van der Waals surface area contributed by atoms with Gasteiger partial charge in [-0.3, -0.25) is 9.00 Å². The van der Waals surface area contributed by atoms with Gasteiger partial charge in [0, 0.05) is 11.3 Å². The summed E-state index contributed by atoms with van der Waals surface area (Å²) in [7, 11) is -1.25. The maximum Gasteiger partial charge on any atom is 0.152 e. The van der Waals surface area contributed by atoms with Crippen LogP contribution in [0.15, 0.2) is 47.4 Å². The minimum atomic E-state index is -1.25. The van der Waals surface area contributed by atoms with Crippen LogP contribution >= 0.6 is 0 Å². The Morgan fingerprint density at radius 1 is 1.28 bits per heavy atom. The van der Waals surface area contributed by atoms with E-state index in [1.165, 1.54) is 0 Å². The summed E-state index contributed by atoms with van der Waals surface area (Å²) in [6, 6.07) is 9.35. The Labute approximate surface area is 110 Å². The van der Waals surface area contributed by atoms with E-state index in [4.69, 9.17) is 0 Å². The molecule has 0 spiro atoms. The van der Waals surface area contributed by atoms with E-state index < -0.39 is 15.5 Å². The lowest BCUT2D eigenvalue weighted by molar-refractivity contribution is -0.122. The van der Waals surface area contributed by atoms with Gasteiger partial charge in [-0.1, -0.05) is 30.4 Å². The third kappa shape index (κ3) is 1.61. The van der Waals surface area contributed by atoms with Gasteiger partial charge in [-0.25, -0.2) is 0 Å². The minimum Gasteiger partial charge on any atom is -0.298 e. The normalized spacial score (nSPS) is 32.6. The van der Waals surface area contributed by atoms with Crippen LogP contribution in [0.3, 0.4) is 0 Å². The maximum atomic E-state index is 12.8. The highest BCUT2D eigenvalue weighted by Gasteiger charge is 2.54. The van der Waals surface area contributed by atoms with Gasteiger partial charge in [-0.15, -0.1) is 0 Å². The Morgan fingerprint density at radius 3 is 2.72 bits per heavy atom. The first-order valence-corrected chi connectivity index (χ1v) is 7.46. The fourth-order valence-electron chi connectivity index (χ4n) is 3.19. The van der Waals surface area contributed by atoms with Gasteiger partial charge in [0.25, 0.3) is 0 Å². The van der Waals surface area contributed by atoms with Gasteiger partial charge < -0.3 is 0 Å². The molecule has 3 atom stereocenters. The first-order chi connectivity index (χ1) is 8.63. The van der Waals surface area contributed by atoms with Crippen molar-refractivity contribution in [3.63, 3.8) is 0 Å². The number of carbonyl (C=O) groups excluding carboxylic acids is 1. The molecule has 94 valence electrons. The van der Waals surface area contributed by atoms with Crippen LogP contribution in [0.5, 0.6) is 0 Å². The second-order valence-electron chi connectivity index (χ2n) is 5.27. The summed E-state index contributed by atoms with van der Waals surface area (Å²) in [4.78, 5) is 13.1. The molecule has 2 bridgehead atoms. The van der Waals surface area contributed by atoms with Gasteiger partial charge >= 0.3 is 0 Å². The summed E-state index contributed by atoms with van der Waals surface area (Å²) in [5.74, 6) is 0.565. The second kappa shape index (κ2) is 4.16. The highest BCUT2D eigenvalue weighted by molar-refractivity contribution is 7.87. The molecule has 2 fully saturated rings. The van der Waals surface area contributed by atoms with Crippen LogP contribution in [0.25, 0.3) is 0 Å². The zero-order chi connectivity index (χ0) is 12.8. The Morgan fingerprint density at radius 2 is 2.00 bits per heavy atom. The third-order valence-corrected chi connectivity index (χ3v) is 6.16. The number of carbonyl (C=O) groups is 1. The van der Waals surface area contributed by atoms with E-state index in [0.717, 1.165) is 23.3 Å². The molecule has 3 heteroatoms. The molecule has 1 unspecified atom stereocenters. The van der Waals surface area contributed by atoms with Crippen LogP contribution < -0.4 is 0 Å². The molecule has 2 aliphatic carbocycles. The maximum absolute atomic E-state index is 12.8. The van der Waals surface area contributed by atoms with Crippen molar-refractivity contribution in [2.45, 2.75) is 35.3 Å². The lowest BCUT2D eigenvalue weighted by Gasteiger charge is -2.30. The first kappa shape index (κ1) is 11.8. The van der Waals surface area contributed by atoms with Crippen LogP contribution in [0, 0.1) is 5.92 Å². The lowest BCUT2D eigenvalue weighted by Crippen LogP contribution is -2.42. The Balaban J connectivity index is 2.02. The van der Waals surface area contributed by atoms with E-state index in [9.17, 15) is 9.00 Å². The van der Waals surface area contributed by atoms with Crippen LogP contribution in [0.4, 0.5) is 0 Å². The molecule has 0 aromatic heterocycles. The Kier molecular flexibility index (Phi) is 2.74. The molecule has 0 saturated heterocycles. The Bertz CT molecular complexity index is 535. The first-order valence-electron chi connectivity index (χ1n) is 6.31. The molecule has 0 radical (unpaired) electrons. The van der Waals surface area contributed by atoms with E-state index >= 15 is 0 Å².